The lowest BCUT2D eigenvalue weighted by molar-refractivity contribution is 0.0944. The highest BCUT2D eigenvalue weighted by atomic mass is 19.1. The maximum Gasteiger partial charge on any atom is 0.488 e. The highest BCUT2D eigenvalue weighted by Crippen LogP contribution is 2.06. The SMILES string of the molecule is CCC(C)CNC(=O)c1ccc(B(O)O)cc1F. The van der Waals surface area contributed by atoms with Gasteiger partial charge < -0.3 is 15.4 Å². The Kier molecular flexibility index (Phi) is 5.31. The molecule has 1 aromatic carbocycles. The van der Waals surface area contributed by atoms with Crippen LogP contribution in [0.3, 0.4) is 0 Å². The maximum absolute atomic E-state index is 13.6. The molecular weight excluding hydrogens is 236 g/mol. The molecule has 0 spiro atoms. The second-order valence-electron chi connectivity index (χ2n) is 4.34. The molecule has 0 fully saturated rings. The minimum Gasteiger partial charge on any atom is -0.423 e. The zero-order chi connectivity index (χ0) is 13.7. The van der Waals surface area contributed by atoms with E-state index in [1.807, 2.05) is 13.8 Å². The molecule has 0 heterocycles. The molecule has 0 aliphatic carbocycles. The molecule has 1 rings (SSSR count). The second-order valence-corrected chi connectivity index (χ2v) is 4.34. The first-order chi connectivity index (χ1) is 8.45. The molecule has 0 saturated heterocycles. The third-order valence-electron chi connectivity index (χ3n) is 2.84. The van der Waals surface area contributed by atoms with E-state index in [2.05, 4.69) is 5.32 Å². The van der Waals surface area contributed by atoms with Crippen molar-refractivity contribution in [2.45, 2.75) is 20.3 Å². The standard InChI is InChI=1S/C12H17BFNO3/c1-3-8(2)7-15-12(16)10-5-4-9(13(17)18)6-11(10)14/h4-6,8,17-18H,3,7H2,1-2H3,(H,15,16). The van der Waals surface area contributed by atoms with Crippen LogP contribution in [0.4, 0.5) is 4.39 Å². The molecule has 0 aliphatic heterocycles. The monoisotopic (exact) mass is 253 g/mol. The molecule has 1 aromatic rings. The van der Waals surface area contributed by atoms with E-state index < -0.39 is 18.8 Å². The van der Waals surface area contributed by atoms with E-state index in [9.17, 15) is 9.18 Å². The van der Waals surface area contributed by atoms with Crippen LogP contribution in [0, 0.1) is 11.7 Å². The molecule has 0 bridgehead atoms. The van der Waals surface area contributed by atoms with Crippen molar-refractivity contribution >= 4 is 18.5 Å². The minimum absolute atomic E-state index is 0.0194. The van der Waals surface area contributed by atoms with E-state index in [4.69, 9.17) is 10.0 Å². The Hall–Kier alpha value is -1.40. The number of benzene rings is 1. The molecule has 4 nitrogen and oxygen atoms in total. The molecule has 0 radical (unpaired) electrons. The molecule has 0 aromatic heterocycles. The Morgan fingerprint density at radius 2 is 2.17 bits per heavy atom. The van der Waals surface area contributed by atoms with Gasteiger partial charge in [0.05, 0.1) is 5.56 Å². The van der Waals surface area contributed by atoms with Gasteiger partial charge in [-0.1, -0.05) is 26.3 Å². The summed E-state index contributed by atoms with van der Waals surface area (Å²) in [5, 5.41) is 20.4. The van der Waals surface area contributed by atoms with Gasteiger partial charge in [-0.2, -0.15) is 0 Å². The van der Waals surface area contributed by atoms with Gasteiger partial charge in [0, 0.05) is 6.54 Å². The van der Waals surface area contributed by atoms with E-state index in [0.717, 1.165) is 12.5 Å². The van der Waals surface area contributed by atoms with Crippen LogP contribution in [0.25, 0.3) is 0 Å². The van der Waals surface area contributed by atoms with E-state index in [0.29, 0.717) is 12.5 Å². The Balaban J connectivity index is 2.74. The summed E-state index contributed by atoms with van der Waals surface area (Å²) in [6, 6.07) is 3.50. The maximum atomic E-state index is 13.6. The summed E-state index contributed by atoms with van der Waals surface area (Å²) in [4.78, 5) is 11.7. The predicted molar refractivity (Wildman–Crippen MR) is 68.0 cm³/mol. The number of hydrogen-bond donors (Lipinski definition) is 3. The van der Waals surface area contributed by atoms with Crippen molar-refractivity contribution in [2.24, 2.45) is 5.92 Å². The van der Waals surface area contributed by atoms with Gasteiger partial charge in [0.25, 0.3) is 5.91 Å². The summed E-state index contributed by atoms with van der Waals surface area (Å²) < 4.78 is 13.6. The Morgan fingerprint density at radius 1 is 1.50 bits per heavy atom. The molecule has 98 valence electrons. The summed E-state index contributed by atoms with van der Waals surface area (Å²) >= 11 is 0. The fraction of sp³-hybridized carbons (Fsp3) is 0.417. The number of carbonyl (C=O) groups excluding carboxylic acids is 1. The molecule has 6 heteroatoms. The number of halogens is 1. The van der Waals surface area contributed by atoms with E-state index in [1.165, 1.54) is 12.1 Å². The average molecular weight is 253 g/mol. The molecule has 1 amide bonds. The first kappa shape index (κ1) is 14.7. The molecule has 0 saturated carbocycles. The van der Waals surface area contributed by atoms with Crippen LogP contribution in [0.2, 0.25) is 0 Å². The number of nitrogens with one attached hydrogen (secondary N) is 1. The average Bonchev–Trinajstić information content (AvgIpc) is 2.35. The lowest BCUT2D eigenvalue weighted by atomic mass is 9.80. The normalized spacial score (nSPS) is 12.1. The fourth-order valence-electron chi connectivity index (χ4n) is 1.38. The molecule has 3 N–H and O–H groups in total. The second kappa shape index (κ2) is 6.51. The Morgan fingerprint density at radius 3 is 2.67 bits per heavy atom. The van der Waals surface area contributed by atoms with E-state index in [1.54, 1.807) is 0 Å². The summed E-state index contributed by atoms with van der Waals surface area (Å²) in [6.45, 7) is 4.48. The number of hydrogen-bond acceptors (Lipinski definition) is 3. The lowest BCUT2D eigenvalue weighted by Gasteiger charge is -2.11. The first-order valence-electron chi connectivity index (χ1n) is 5.89. The van der Waals surface area contributed by atoms with Gasteiger partial charge in [0.15, 0.2) is 0 Å². The number of rotatable bonds is 5. The van der Waals surface area contributed by atoms with Crippen LogP contribution in [0.5, 0.6) is 0 Å². The Bertz CT molecular complexity index is 426. The summed E-state index contributed by atoms with van der Waals surface area (Å²) in [7, 11) is -1.74. The van der Waals surface area contributed by atoms with E-state index >= 15 is 0 Å². The first-order valence-corrected chi connectivity index (χ1v) is 5.89. The van der Waals surface area contributed by atoms with Gasteiger partial charge in [-0.15, -0.1) is 0 Å². The summed E-state index contributed by atoms with van der Waals surface area (Å²) in [6.07, 6.45) is 0.929. The van der Waals surface area contributed by atoms with Crippen LogP contribution in [0.15, 0.2) is 18.2 Å². The van der Waals surface area contributed by atoms with Crippen molar-refractivity contribution < 1.29 is 19.2 Å². The van der Waals surface area contributed by atoms with Gasteiger partial charge in [0.1, 0.15) is 5.82 Å². The zero-order valence-corrected chi connectivity index (χ0v) is 10.5. The van der Waals surface area contributed by atoms with Crippen LogP contribution < -0.4 is 10.8 Å². The topological polar surface area (TPSA) is 69.6 Å². The quantitative estimate of drug-likeness (QED) is 0.660. The van der Waals surface area contributed by atoms with Crippen molar-refractivity contribution in [3.63, 3.8) is 0 Å². The van der Waals surface area contributed by atoms with E-state index in [-0.39, 0.29) is 11.0 Å². The third-order valence-corrected chi connectivity index (χ3v) is 2.84. The smallest absolute Gasteiger partial charge is 0.423 e. The van der Waals surface area contributed by atoms with Crippen LogP contribution in [-0.2, 0) is 0 Å². The van der Waals surface area contributed by atoms with Crippen LogP contribution >= 0.6 is 0 Å². The Labute approximate surface area is 106 Å². The fourth-order valence-corrected chi connectivity index (χ4v) is 1.38. The zero-order valence-electron chi connectivity index (χ0n) is 10.5. The van der Waals surface area contributed by atoms with Crippen molar-refractivity contribution in [3.05, 3.63) is 29.6 Å². The molecule has 1 atom stereocenters. The number of carbonyl (C=O) groups is 1. The van der Waals surface area contributed by atoms with Crippen LogP contribution in [0.1, 0.15) is 30.6 Å². The van der Waals surface area contributed by atoms with Crippen molar-refractivity contribution in [2.75, 3.05) is 6.54 Å². The lowest BCUT2D eigenvalue weighted by Crippen LogP contribution is -2.32. The predicted octanol–water partition coefficient (Wildman–Crippen LogP) is 0.281. The highest BCUT2D eigenvalue weighted by Gasteiger charge is 2.17. The largest absolute Gasteiger partial charge is 0.488 e. The summed E-state index contributed by atoms with van der Waals surface area (Å²) in [5.41, 5.74) is -0.0753. The van der Waals surface area contributed by atoms with Gasteiger partial charge in [-0.25, -0.2) is 4.39 Å². The minimum atomic E-state index is -1.74. The van der Waals surface area contributed by atoms with Gasteiger partial charge in [-0.3, -0.25) is 4.79 Å². The van der Waals surface area contributed by atoms with Crippen molar-refractivity contribution in [1.29, 1.82) is 0 Å². The van der Waals surface area contributed by atoms with Gasteiger partial charge >= 0.3 is 7.12 Å². The number of amides is 1. The van der Waals surface area contributed by atoms with Crippen molar-refractivity contribution in [1.82, 2.24) is 5.32 Å². The van der Waals surface area contributed by atoms with Crippen molar-refractivity contribution in [3.8, 4) is 0 Å². The third kappa shape index (κ3) is 3.82. The van der Waals surface area contributed by atoms with Gasteiger partial charge in [0.2, 0.25) is 0 Å². The highest BCUT2D eigenvalue weighted by molar-refractivity contribution is 6.58. The van der Waals surface area contributed by atoms with Crippen LogP contribution in [-0.4, -0.2) is 29.6 Å². The molecule has 1 unspecified atom stereocenters. The molecular formula is C12H17BFNO3. The molecule has 18 heavy (non-hydrogen) atoms. The van der Waals surface area contributed by atoms with Gasteiger partial charge in [-0.05, 0) is 23.5 Å². The molecule has 0 aliphatic rings. The summed E-state index contributed by atoms with van der Waals surface area (Å²) in [5.74, 6) is -0.926.